The van der Waals surface area contributed by atoms with Crippen molar-refractivity contribution >= 4 is 39.6 Å². The summed E-state index contributed by atoms with van der Waals surface area (Å²) in [5, 5.41) is 12.1. The van der Waals surface area contributed by atoms with Crippen LogP contribution >= 0.6 is 0 Å². The smallest absolute Gasteiger partial charge is 0.328 e. The number of amides is 1. The van der Waals surface area contributed by atoms with Crippen LogP contribution in [0, 0.1) is 23.7 Å². The van der Waals surface area contributed by atoms with E-state index in [9.17, 15) is 23.6 Å². The average molecular weight is 792 g/mol. The molecule has 2 saturated carbocycles. The van der Waals surface area contributed by atoms with E-state index >= 15 is 0 Å². The molecule has 0 unspecified atom stereocenters. The normalized spacial score (nSPS) is 19.2. The Morgan fingerprint density at radius 1 is 0.754 bits per heavy atom. The van der Waals surface area contributed by atoms with Gasteiger partial charge in [-0.15, -0.1) is 0 Å². The highest BCUT2D eigenvalue weighted by Crippen LogP contribution is 2.33. The van der Waals surface area contributed by atoms with Crippen molar-refractivity contribution in [3.8, 4) is 11.5 Å². The first kappa shape index (κ1) is 42.7. The van der Waals surface area contributed by atoms with E-state index in [1.54, 1.807) is 40.7 Å². The highest BCUT2D eigenvalue weighted by molar-refractivity contribution is 5.92. The van der Waals surface area contributed by atoms with Crippen LogP contribution < -0.4 is 26.2 Å². The Bertz CT molecular complexity index is 2220. The van der Waals surface area contributed by atoms with Crippen molar-refractivity contribution < 1.29 is 29.9 Å². The van der Waals surface area contributed by atoms with Crippen molar-refractivity contribution in [3.05, 3.63) is 81.9 Å². The largest absolute Gasteiger partial charge is 0.494 e. The maximum atomic E-state index is 12.8. The van der Waals surface area contributed by atoms with Crippen LogP contribution in [0.5, 0.6) is 11.5 Å². The highest BCUT2D eigenvalue weighted by atomic mass is 19.1. The van der Waals surface area contributed by atoms with Crippen molar-refractivity contribution in [3.63, 3.8) is 0 Å². The number of carbonyl (C=O) groups excluding carboxylic acids is 1. The summed E-state index contributed by atoms with van der Waals surface area (Å²) in [5.74, 6) is 1.44. The highest BCUT2D eigenvalue weighted by Gasteiger charge is 2.29. The number of halogens is 1. The summed E-state index contributed by atoms with van der Waals surface area (Å²) in [4.78, 5) is 53.0. The molecule has 0 aliphatic heterocycles. The van der Waals surface area contributed by atoms with Gasteiger partial charge in [-0.25, -0.2) is 9.59 Å². The van der Waals surface area contributed by atoms with E-state index in [0.29, 0.717) is 51.0 Å². The third-order valence-electron chi connectivity index (χ3n) is 11.1. The van der Waals surface area contributed by atoms with E-state index in [1.807, 2.05) is 66.4 Å². The number of hydrogen-bond acceptors (Lipinski definition) is 7. The Hall–Kier alpha value is -5.40. The van der Waals surface area contributed by atoms with Crippen LogP contribution in [0.1, 0.15) is 74.0 Å². The molecule has 2 aromatic carbocycles. The zero-order valence-electron chi connectivity index (χ0n) is 33.8. The molecule has 0 radical (unpaired) electrons. The van der Waals surface area contributed by atoms with E-state index in [-0.39, 0.29) is 36.5 Å². The minimum atomic E-state index is -1.00. The van der Waals surface area contributed by atoms with Gasteiger partial charge in [0.25, 0.3) is 0 Å². The molecule has 14 heteroatoms. The van der Waals surface area contributed by atoms with Crippen molar-refractivity contribution in [1.29, 1.82) is 0 Å². The second-order valence-electron chi connectivity index (χ2n) is 14.6. The predicted molar refractivity (Wildman–Crippen MR) is 222 cm³/mol. The molecule has 0 spiro atoms. The van der Waals surface area contributed by atoms with Crippen LogP contribution in [-0.4, -0.2) is 60.6 Å². The fourth-order valence-corrected chi connectivity index (χ4v) is 8.04. The number of rotatable bonds is 11. The SMILES string of the molecule is C.CCOc1ccc2c(c1)n(CC1CCC(C(=O)Nc3ccncc3)CC1)c(=O)n2C.CCOc1ccc2c(c1)n(CC1CCC(C(=O)O)CC1)c(=O)n2C.[2H]CF. The average Bonchev–Trinajstić information content (AvgIpc) is 3.58. The monoisotopic (exact) mass is 791 g/mol. The second kappa shape index (κ2) is 20.7. The second-order valence-corrected chi connectivity index (χ2v) is 14.6. The molecular weight excluding hydrogens is 732 g/mol. The maximum Gasteiger partial charge on any atom is 0.328 e. The minimum absolute atomic E-state index is 0. The fraction of sp³-hybridized carbons (Fsp3) is 0.512. The topological polar surface area (TPSA) is 152 Å². The van der Waals surface area contributed by atoms with Gasteiger partial charge in [0.2, 0.25) is 5.91 Å². The number of nitrogens with zero attached hydrogens (tertiary/aromatic N) is 5. The van der Waals surface area contributed by atoms with E-state index in [1.165, 1.54) is 0 Å². The maximum absolute atomic E-state index is 12.8. The first-order valence-corrected chi connectivity index (χ1v) is 19.4. The van der Waals surface area contributed by atoms with Crippen LogP contribution in [0.4, 0.5) is 10.1 Å². The number of carboxylic acid groups (broad SMARTS) is 1. The van der Waals surface area contributed by atoms with Crippen LogP contribution in [0.2, 0.25) is 0 Å². The Morgan fingerprint density at radius 2 is 1.18 bits per heavy atom. The number of imidazole rings is 2. The molecule has 0 atom stereocenters. The number of carbonyl (C=O) groups is 2. The number of benzene rings is 2. The van der Waals surface area contributed by atoms with Gasteiger partial charge in [0.1, 0.15) is 11.5 Å². The Morgan fingerprint density at radius 3 is 1.58 bits per heavy atom. The lowest BCUT2D eigenvalue weighted by molar-refractivity contribution is -0.143. The minimum Gasteiger partial charge on any atom is -0.494 e. The van der Waals surface area contributed by atoms with Crippen LogP contribution in [0.15, 0.2) is 70.5 Å². The number of carboxylic acids is 1. The molecule has 2 fully saturated rings. The molecule has 2 aliphatic carbocycles. The predicted octanol–water partition coefficient (Wildman–Crippen LogP) is 7.43. The van der Waals surface area contributed by atoms with Gasteiger partial charge in [-0.3, -0.25) is 37.2 Å². The van der Waals surface area contributed by atoms with Crippen LogP contribution in [0.3, 0.4) is 0 Å². The molecule has 3 heterocycles. The molecule has 57 heavy (non-hydrogen) atoms. The molecule has 7 rings (SSSR count). The number of hydrogen-bond donors (Lipinski definition) is 2. The Labute approximate surface area is 334 Å². The van der Waals surface area contributed by atoms with Gasteiger partial charge >= 0.3 is 17.3 Å². The first-order valence-electron chi connectivity index (χ1n) is 20.1. The molecule has 0 bridgehead atoms. The molecule has 2 aliphatic rings. The van der Waals surface area contributed by atoms with Gasteiger partial charge < -0.3 is 19.9 Å². The molecular formula is C43H59FN6O7. The summed E-state index contributed by atoms with van der Waals surface area (Å²) in [7, 11) is 2.59. The quantitative estimate of drug-likeness (QED) is 0.140. The van der Waals surface area contributed by atoms with Crippen molar-refractivity contribution in [2.24, 2.45) is 37.8 Å². The third kappa shape index (κ3) is 10.5. The zero-order chi connectivity index (χ0) is 41.1. The summed E-state index contributed by atoms with van der Waals surface area (Å²) in [6, 6.07) is 15.1. The summed E-state index contributed by atoms with van der Waals surface area (Å²) >= 11 is 0. The van der Waals surface area contributed by atoms with Gasteiger partial charge in [-0.2, -0.15) is 0 Å². The number of anilines is 1. The molecule has 2 N–H and O–H groups in total. The molecule has 310 valence electrons. The molecule has 13 nitrogen and oxygen atoms in total. The number of aliphatic carboxylic acids is 1. The van der Waals surface area contributed by atoms with Gasteiger partial charge in [-0.1, -0.05) is 7.43 Å². The summed E-state index contributed by atoms with van der Waals surface area (Å²) in [5.41, 5.74) is 4.34. The van der Waals surface area contributed by atoms with Crippen molar-refractivity contribution in [2.45, 2.75) is 85.7 Å². The number of aromatic nitrogens is 5. The zero-order valence-corrected chi connectivity index (χ0v) is 32.8. The number of alkyl halides is 1. The summed E-state index contributed by atoms with van der Waals surface area (Å²) in [6.07, 6.45) is 9.99. The third-order valence-corrected chi connectivity index (χ3v) is 11.1. The fourth-order valence-electron chi connectivity index (χ4n) is 8.04. The molecule has 5 aromatic rings. The van der Waals surface area contributed by atoms with Gasteiger partial charge in [-0.05, 0) is 113 Å². The lowest BCUT2D eigenvalue weighted by Gasteiger charge is -2.28. The van der Waals surface area contributed by atoms with Gasteiger partial charge in [0.05, 0.1) is 49.7 Å². The standard InChI is InChI=1S/C23H28N4O3.C18H24N2O4.CH3F.CH4/c1-3-30-19-8-9-20-21(14-19)27(23(29)26(20)2)15-16-4-6-17(7-5-16)22(28)25-18-10-12-24-13-11-18;1-3-24-14-8-9-15-16(10-14)20(18(23)19(15)2)11-12-4-6-13(7-5-12)17(21)22;1-2;/h8-14,16-17H,3-7,15H2,1-2H3,(H,24,25,28);8-10,12-13H,3-7,11H2,1-2H3,(H,21,22);1H3;1H4/i;;1D;. The van der Waals surface area contributed by atoms with Crippen LogP contribution in [0.25, 0.3) is 22.1 Å². The van der Waals surface area contributed by atoms with Gasteiger partial charge in [0, 0.05) is 63.3 Å². The van der Waals surface area contributed by atoms with E-state index < -0.39 is 13.1 Å². The number of pyridine rings is 1. The molecule has 0 saturated heterocycles. The molecule has 1 amide bonds. The Balaban J connectivity index is 0.000000242. The van der Waals surface area contributed by atoms with Crippen molar-refractivity contribution in [2.75, 3.05) is 25.7 Å². The first-order chi connectivity index (χ1) is 27.5. The van der Waals surface area contributed by atoms with Crippen LogP contribution in [-0.2, 0) is 36.8 Å². The number of nitrogens with one attached hydrogen (secondary N) is 1. The number of aryl methyl sites for hydroxylation is 2. The summed E-state index contributed by atoms with van der Waals surface area (Å²) in [6.45, 7) is 6.37. The Kier molecular flexibility index (Phi) is 15.5. The van der Waals surface area contributed by atoms with E-state index in [4.69, 9.17) is 16.0 Å². The lowest BCUT2D eigenvalue weighted by atomic mass is 9.81. The lowest BCUT2D eigenvalue weighted by Crippen LogP contribution is -2.30. The van der Waals surface area contributed by atoms with E-state index in [2.05, 4.69) is 10.3 Å². The van der Waals surface area contributed by atoms with Crippen molar-refractivity contribution in [1.82, 2.24) is 23.3 Å². The van der Waals surface area contributed by atoms with Gasteiger partial charge in [0.15, 0.2) is 0 Å². The summed E-state index contributed by atoms with van der Waals surface area (Å²) < 4.78 is 33.7. The van der Waals surface area contributed by atoms with E-state index in [0.717, 1.165) is 77.8 Å². The number of ether oxygens (including phenoxy) is 2. The number of fused-ring (bicyclic) bond motifs is 2. The molecule has 3 aromatic heterocycles.